The first-order valence-electron chi connectivity index (χ1n) is 7.12. The molecule has 0 bridgehead atoms. The molecule has 0 unspecified atom stereocenters. The lowest BCUT2D eigenvalue weighted by atomic mass is 10.1. The summed E-state index contributed by atoms with van der Waals surface area (Å²) in [6.07, 6.45) is -4.50. The van der Waals surface area contributed by atoms with Crippen LogP contribution in [0.15, 0.2) is 4.79 Å². The first kappa shape index (κ1) is 16.0. The number of nitrogens with two attached hydrogens (primary N) is 1. The highest BCUT2D eigenvalue weighted by molar-refractivity contribution is 5.73. The number of hydrogen-bond acceptors (Lipinski definition) is 10. The molecular weight excluding hydrogens is 310 g/mol. The van der Waals surface area contributed by atoms with E-state index in [1.165, 1.54) is 4.90 Å². The molecule has 0 amide bonds. The van der Waals surface area contributed by atoms with Gasteiger partial charge in [0.2, 0.25) is 5.95 Å². The number of fused-ring (bicyclic) bond motifs is 1. The number of aliphatic hydroxyl groups is 4. The molecule has 0 saturated carbocycles. The van der Waals surface area contributed by atoms with Crippen molar-refractivity contribution in [3.63, 3.8) is 0 Å². The van der Waals surface area contributed by atoms with Gasteiger partial charge < -0.3 is 40.7 Å². The van der Waals surface area contributed by atoms with Crippen LogP contribution < -0.4 is 21.1 Å². The van der Waals surface area contributed by atoms with Gasteiger partial charge in [-0.2, -0.15) is 4.98 Å². The molecule has 11 nitrogen and oxygen atoms in total. The third-order valence-electron chi connectivity index (χ3n) is 4.00. The fraction of sp³-hybridized carbons (Fsp3) is 0.667. The highest BCUT2D eigenvalue weighted by atomic mass is 16.6. The Labute approximate surface area is 130 Å². The van der Waals surface area contributed by atoms with E-state index in [2.05, 4.69) is 9.97 Å². The Morgan fingerprint density at radius 3 is 2.70 bits per heavy atom. The van der Waals surface area contributed by atoms with Gasteiger partial charge in [0, 0.05) is 6.54 Å². The Balaban J connectivity index is 1.98. The van der Waals surface area contributed by atoms with Gasteiger partial charge in [0.1, 0.15) is 24.0 Å². The predicted octanol–water partition coefficient (Wildman–Crippen LogP) is -3.63. The van der Waals surface area contributed by atoms with Crippen LogP contribution in [-0.2, 0) is 4.74 Å². The molecule has 128 valence electrons. The van der Waals surface area contributed by atoms with Crippen molar-refractivity contribution < 1.29 is 25.2 Å². The Bertz CT molecular complexity index is 639. The van der Waals surface area contributed by atoms with Crippen molar-refractivity contribution in [3.8, 4) is 0 Å². The summed E-state index contributed by atoms with van der Waals surface area (Å²) in [5.74, 6) is 0.0888. The van der Waals surface area contributed by atoms with Crippen LogP contribution >= 0.6 is 0 Å². The van der Waals surface area contributed by atoms with Crippen LogP contribution in [0.3, 0.4) is 0 Å². The summed E-state index contributed by atoms with van der Waals surface area (Å²) in [6.45, 7) is -0.358. The van der Waals surface area contributed by atoms with E-state index in [1.807, 2.05) is 0 Å². The summed E-state index contributed by atoms with van der Waals surface area (Å²) in [4.78, 5) is 21.6. The lowest BCUT2D eigenvalue weighted by Crippen LogP contribution is -2.46. The van der Waals surface area contributed by atoms with E-state index in [9.17, 15) is 20.1 Å². The van der Waals surface area contributed by atoms with Crippen molar-refractivity contribution in [2.45, 2.75) is 24.5 Å². The van der Waals surface area contributed by atoms with E-state index in [0.717, 1.165) is 0 Å². The fourth-order valence-corrected chi connectivity index (χ4v) is 2.92. The predicted molar refractivity (Wildman–Crippen MR) is 78.8 cm³/mol. The number of anilines is 3. The average Bonchev–Trinajstić information content (AvgIpc) is 2.99. The Hall–Kier alpha value is -1.92. The van der Waals surface area contributed by atoms with Crippen LogP contribution in [0.25, 0.3) is 0 Å². The van der Waals surface area contributed by atoms with Crippen LogP contribution in [0.1, 0.15) is 0 Å². The van der Waals surface area contributed by atoms with Crippen LogP contribution in [0.4, 0.5) is 17.5 Å². The summed E-state index contributed by atoms with van der Waals surface area (Å²) in [5.41, 5.74) is 5.30. The first-order chi connectivity index (χ1) is 11.0. The normalized spacial score (nSPS) is 30.1. The second kappa shape index (κ2) is 5.94. The molecule has 0 aromatic carbocycles. The first-order valence-corrected chi connectivity index (χ1v) is 7.12. The monoisotopic (exact) mass is 329 g/mol. The Morgan fingerprint density at radius 2 is 2.09 bits per heavy atom. The van der Waals surface area contributed by atoms with Crippen molar-refractivity contribution in [2.24, 2.45) is 0 Å². The molecule has 3 heterocycles. The molecule has 7 N–H and O–H groups in total. The zero-order valence-electron chi connectivity index (χ0n) is 12.2. The van der Waals surface area contributed by atoms with Crippen LogP contribution in [0, 0.1) is 0 Å². The largest absolute Gasteiger partial charge is 0.395 e. The van der Waals surface area contributed by atoms with Crippen LogP contribution in [0.5, 0.6) is 0 Å². The minimum atomic E-state index is -1.30. The summed E-state index contributed by atoms with van der Waals surface area (Å²) in [7, 11) is 0. The van der Waals surface area contributed by atoms with E-state index < -0.39 is 36.7 Å². The maximum atomic E-state index is 12.1. The molecule has 0 radical (unpaired) electrons. The maximum absolute atomic E-state index is 12.1. The molecule has 0 aliphatic carbocycles. The number of H-pyrrole nitrogens is 1. The molecule has 1 aromatic rings. The molecular formula is C12H19N5O6. The topological polar surface area (TPSA) is 168 Å². The Morgan fingerprint density at radius 1 is 1.35 bits per heavy atom. The van der Waals surface area contributed by atoms with Crippen molar-refractivity contribution in [2.75, 3.05) is 42.0 Å². The lowest BCUT2D eigenvalue weighted by Gasteiger charge is -2.28. The lowest BCUT2D eigenvalue weighted by molar-refractivity contribution is -0.0222. The number of nitrogen functional groups attached to an aromatic ring is 1. The van der Waals surface area contributed by atoms with Gasteiger partial charge in [-0.25, -0.2) is 0 Å². The number of nitrogens with one attached hydrogen (secondary N) is 1. The van der Waals surface area contributed by atoms with E-state index in [1.54, 1.807) is 4.90 Å². The molecule has 1 saturated heterocycles. The number of ether oxygens (including phenoxy) is 1. The molecule has 23 heavy (non-hydrogen) atoms. The maximum Gasteiger partial charge on any atom is 0.278 e. The molecule has 4 atom stereocenters. The summed E-state index contributed by atoms with van der Waals surface area (Å²) in [6, 6.07) is 0. The number of β-amino-alcohol motifs (C(OH)–C–C–N with tert-alkyl or cyclic N) is 1. The van der Waals surface area contributed by atoms with Gasteiger partial charge in [0.15, 0.2) is 12.0 Å². The third kappa shape index (κ3) is 2.52. The third-order valence-corrected chi connectivity index (χ3v) is 4.00. The molecule has 0 spiro atoms. The van der Waals surface area contributed by atoms with Gasteiger partial charge >= 0.3 is 0 Å². The van der Waals surface area contributed by atoms with E-state index >= 15 is 0 Å². The number of nitrogens with zero attached hydrogens (tertiary/aromatic N) is 3. The van der Waals surface area contributed by atoms with Gasteiger partial charge in [-0.3, -0.25) is 9.78 Å². The highest BCUT2D eigenvalue weighted by Crippen LogP contribution is 2.36. The highest BCUT2D eigenvalue weighted by Gasteiger charge is 2.48. The van der Waals surface area contributed by atoms with Crippen molar-refractivity contribution >= 4 is 17.5 Å². The average molecular weight is 329 g/mol. The number of rotatable bonds is 4. The van der Waals surface area contributed by atoms with E-state index in [-0.39, 0.29) is 37.3 Å². The molecule has 1 fully saturated rings. The van der Waals surface area contributed by atoms with Crippen molar-refractivity contribution in [1.82, 2.24) is 9.97 Å². The fourth-order valence-electron chi connectivity index (χ4n) is 2.92. The summed E-state index contributed by atoms with van der Waals surface area (Å²) in [5, 5.41) is 38.4. The number of aromatic amines is 1. The summed E-state index contributed by atoms with van der Waals surface area (Å²) < 4.78 is 5.48. The molecule has 3 rings (SSSR count). The molecule has 1 aromatic heterocycles. The van der Waals surface area contributed by atoms with E-state index in [4.69, 9.17) is 15.6 Å². The van der Waals surface area contributed by atoms with Gasteiger partial charge in [-0.15, -0.1) is 0 Å². The SMILES string of the molecule is Nc1nc2c(c(=O)[nH]1)N(CCO)CN2[C@@H]1O[C@H](CO)[C@@H](O)[C@H]1O. The number of aromatic nitrogens is 2. The van der Waals surface area contributed by atoms with Gasteiger partial charge in [0.05, 0.1) is 19.9 Å². The second-order valence-corrected chi connectivity index (χ2v) is 5.45. The molecule has 2 aliphatic heterocycles. The zero-order valence-corrected chi connectivity index (χ0v) is 12.2. The quantitative estimate of drug-likeness (QED) is 0.324. The zero-order chi connectivity index (χ0) is 16.7. The Kier molecular flexibility index (Phi) is 4.12. The van der Waals surface area contributed by atoms with Crippen molar-refractivity contribution in [1.29, 1.82) is 0 Å². The molecule has 11 heteroatoms. The van der Waals surface area contributed by atoms with Gasteiger partial charge in [-0.1, -0.05) is 0 Å². The minimum absolute atomic E-state index is 0.101. The molecule has 2 aliphatic rings. The second-order valence-electron chi connectivity index (χ2n) is 5.45. The minimum Gasteiger partial charge on any atom is -0.395 e. The standard InChI is InChI=1S/C12H19N5O6/c13-12-14-9-6(10(22)15-12)16(1-2-18)4-17(9)11-8(21)7(20)5(3-19)23-11/h5,7-8,11,18-21H,1-4H2,(H3,13,14,15,22)/t5-,7-,8-,11-/m1/s1. The van der Waals surface area contributed by atoms with Gasteiger partial charge in [-0.05, 0) is 0 Å². The summed E-state index contributed by atoms with van der Waals surface area (Å²) >= 11 is 0. The smallest absolute Gasteiger partial charge is 0.278 e. The van der Waals surface area contributed by atoms with Crippen molar-refractivity contribution in [3.05, 3.63) is 10.4 Å². The number of aliphatic hydroxyl groups excluding tert-OH is 4. The van der Waals surface area contributed by atoms with Crippen LogP contribution in [-0.4, -0.2) is 81.4 Å². The van der Waals surface area contributed by atoms with E-state index in [0.29, 0.717) is 0 Å². The van der Waals surface area contributed by atoms with Crippen LogP contribution in [0.2, 0.25) is 0 Å². The number of hydrogen-bond donors (Lipinski definition) is 6. The van der Waals surface area contributed by atoms with Gasteiger partial charge in [0.25, 0.3) is 5.56 Å².